The van der Waals surface area contributed by atoms with Crippen molar-refractivity contribution in [2.75, 3.05) is 19.6 Å². The fourth-order valence-corrected chi connectivity index (χ4v) is 8.74. The lowest BCUT2D eigenvalue weighted by molar-refractivity contribution is -0.148. The van der Waals surface area contributed by atoms with Gasteiger partial charge in [-0.25, -0.2) is 4.39 Å². The van der Waals surface area contributed by atoms with E-state index in [1.54, 1.807) is 12.1 Å². The highest BCUT2D eigenvalue weighted by Gasteiger charge is 2.50. The smallest absolute Gasteiger partial charge is 0.245 e. The van der Waals surface area contributed by atoms with Crippen LogP contribution < -0.4 is 10.6 Å². The molecule has 2 N–H and O–H groups in total. The molecule has 5 fully saturated rings. The summed E-state index contributed by atoms with van der Waals surface area (Å²) < 4.78 is 13.7. The summed E-state index contributed by atoms with van der Waals surface area (Å²) in [4.78, 5) is 46.3. The first-order chi connectivity index (χ1) is 20.9. The van der Waals surface area contributed by atoms with Crippen molar-refractivity contribution in [3.05, 3.63) is 35.6 Å². The van der Waals surface area contributed by atoms with Gasteiger partial charge in [-0.15, -0.1) is 0 Å². The molecule has 1 aromatic rings. The lowest BCUT2D eigenvalue weighted by atomic mass is 9.63. The number of fused-ring (bicyclic) bond motifs is 3. The van der Waals surface area contributed by atoms with Crippen molar-refractivity contribution in [1.82, 2.24) is 20.4 Å². The van der Waals surface area contributed by atoms with Gasteiger partial charge >= 0.3 is 0 Å². The quantitative estimate of drug-likeness (QED) is 0.409. The van der Waals surface area contributed by atoms with Gasteiger partial charge in [0.15, 0.2) is 0 Å². The second-order valence-electron chi connectivity index (χ2n) is 15.6. The minimum Gasteiger partial charge on any atom is -0.351 e. The molecule has 7 nitrogen and oxygen atoms in total. The zero-order chi connectivity index (χ0) is 31.6. The van der Waals surface area contributed by atoms with E-state index in [1.807, 2.05) is 25.7 Å². The summed E-state index contributed by atoms with van der Waals surface area (Å²) in [5.74, 6) is 0.379. The van der Waals surface area contributed by atoms with Crippen LogP contribution in [0, 0.1) is 29.0 Å². The fraction of sp³-hybridized carbons (Fsp3) is 0.750. The van der Waals surface area contributed by atoms with Gasteiger partial charge < -0.3 is 15.5 Å². The van der Waals surface area contributed by atoms with Gasteiger partial charge in [-0.1, -0.05) is 31.4 Å². The van der Waals surface area contributed by atoms with Crippen LogP contribution in [-0.4, -0.2) is 70.8 Å². The Balaban J connectivity index is 1.33. The van der Waals surface area contributed by atoms with Crippen LogP contribution in [0.25, 0.3) is 0 Å². The Morgan fingerprint density at radius 1 is 0.977 bits per heavy atom. The van der Waals surface area contributed by atoms with Gasteiger partial charge in [0, 0.05) is 43.7 Å². The number of likely N-dealkylation sites (tertiary alicyclic amines) is 1. The summed E-state index contributed by atoms with van der Waals surface area (Å²) in [5, 5.41) is 6.48. The molecule has 2 aliphatic carbocycles. The summed E-state index contributed by atoms with van der Waals surface area (Å²) in [7, 11) is 0. The number of carbonyl (C=O) groups excluding carboxylic acids is 3. The van der Waals surface area contributed by atoms with E-state index in [0.717, 1.165) is 57.1 Å². The predicted octanol–water partition coefficient (Wildman–Crippen LogP) is 5.47. The maximum atomic E-state index is 14.2. The molecule has 3 aliphatic heterocycles. The number of hydrogen-bond acceptors (Lipinski definition) is 4. The second-order valence-corrected chi connectivity index (χ2v) is 15.6. The number of benzene rings is 1. The van der Waals surface area contributed by atoms with Gasteiger partial charge in [-0.05, 0) is 109 Å². The first-order valence-electron chi connectivity index (χ1n) is 17.3. The largest absolute Gasteiger partial charge is 0.351 e. The lowest BCUT2D eigenvalue weighted by Crippen LogP contribution is -2.61. The summed E-state index contributed by atoms with van der Waals surface area (Å²) in [6.45, 7) is 12.5. The minimum atomic E-state index is -0.730. The van der Waals surface area contributed by atoms with Crippen LogP contribution >= 0.6 is 0 Å². The van der Waals surface area contributed by atoms with Crippen LogP contribution in [0.2, 0.25) is 0 Å². The van der Waals surface area contributed by atoms with Gasteiger partial charge in [0.05, 0.1) is 11.3 Å². The van der Waals surface area contributed by atoms with E-state index in [9.17, 15) is 18.8 Å². The first kappa shape index (κ1) is 32.9. The van der Waals surface area contributed by atoms with Gasteiger partial charge in [-0.3, -0.25) is 19.3 Å². The Hall–Kier alpha value is -2.48. The molecule has 44 heavy (non-hydrogen) atoms. The topological polar surface area (TPSA) is 81.8 Å². The van der Waals surface area contributed by atoms with E-state index in [-0.39, 0.29) is 41.0 Å². The van der Waals surface area contributed by atoms with Crippen molar-refractivity contribution in [3.8, 4) is 0 Å². The molecule has 4 atom stereocenters. The molecule has 2 saturated carbocycles. The molecule has 244 valence electrons. The van der Waals surface area contributed by atoms with Crippen molar-refractivity contribution in [3.63, 3.8) is 0 Å². The molecular formula is C36H55FN4O3. The Morgan fingerprint density at radius 3 is 2.23 bits per heavy atom. The molecule has 0 radical (unpaired) electrons. The van der Waals surface area contributed by atoms with Gasteiger partial charge in [0.1, 0.15) is 11.9 Å². The van der Waals surface area contributed by atoms with Crippen LogP contribution in [-0.2, 0) is 20.8 Å². The summed E-state index contributed by atoms with van der Waals surface area (Å²) in [5.41, 5.74) is 0.0269. The molecule has 0 aromatic heterocycles. The number of halogens is 1. The second kappa shape index (κ2) is 13.5. The molecule has 5 aliphatic rings. The number of rotatable bonds is 8. The number of amides is 3. The average molecular weight is 611 g/mol. The third-order valence-corrected chi connectivity index (χ3v) is 11.1. The van der Waals surface area contributed by atoms with Crippen molar-refractivity contribution >= 4 is 17.7 Å². The maximum Gasteiger partial charge on any atom is 0.245 e. The molecule has 3 heterocycles. The summed E-state index contributed by atoms with van der Waals surface area (Å²) >= 11 is 0. The molecule has 2 bridgehead atoms. The molecule has 3 amide bonds. The number of nitrogens with zero attached hydrogens (tertiary/aromatic N) is 2. The van der Waals surface area contributed by atoms with Crippen LogP contribution in [0.1, 0.15) is 104 Å². The Morgan fingerprint density at radius 2 is 1.64 bits per heavy atom. The molecule has 8 heteroatoms. The van der Waals surface area contributed by atoms with E-state index < -0.39 is 11.5 Å². The van der Waals surface area contributed by atoms with E-state index in [2.05, 4.69) is 29.4 Å². The van der Waals surface area contributed by atoms with Gasteiger partial charge in [0.2, 0.25) is 17.7 Å². The molecule has 3 saturated heterocycles. The number of hydrogen-bond donors (Lipinski definition) is 2. The SMILES string of the molecule is CC(C)N1CC2CCC1C(C(=O)NC(Cc1ccc(F)cc1)C(=O)N1CCC(C(=O)NC(C)(C)C)(C3CCCCC3)CC1)C2. The van der Waals surface area contributed by atoms with Gasteiger partial charge in [-0.2, -0.15) is 0 Å². The maximum absolute atomic E-state index is 14.2. The Bertz CT molecular complexity index is 1160. The van der Waals surface area contributed by atoms with Crippen LogP contribution in [0.15, 0.2) is 24.3 Å². The lowest BCUT2D eigenvalue weighted by Gasteiger charge is -2.51. The normalized spacial score (nSPS) is 26.8. The Labute approximate surface area is 264 Å². The van der Waals surface area contributed by atoms with E-state index >= 15 is 0 Å². The highest BCUT2D eigenvalue weighted by molar-refractivity contribution is 5.90. The molecule has 4 unspecified atom stereocenters. The summed E-state index contributed by atoms with van der Waals surface area (Å²) in [6, 6.07) is 6.07. The Kier molecular flexibility index (Phi) is 10.1. The third-order valence-electron chi connectivity index (χ3n) is 11.1. The van der Waals surface area contributed by atoms with Crippen molar-refractivity contribution in [2.24, 2.45) is 23.2 Å². The standard InChI is InChI=1S/C36H55FN4O3/c1-24(2)41-23-26-13-16-31(41)29(21-26)32(42)38-30(22-25-11-14-28(37)15-12-25)33(43)40-19-17-36(18-20-40,27-9-7-6-8-10-27)34(44)39-35(3,4)5/h11-12,14-15,24,26-27,29-31H,6-10,13,16-23H2,1-5H3,(H,38,42)(H,39,44). The van der Waals surface area contributed by atoms with Gasteiger partial charge in [0.25, 0.3) is 0 Å². The van der Waals surface area contributed by atoms with Crippen LogP contribution in [0.3, 0.4) is 0 Å². The predicted molar refractivity (Wildman–Crippen MR) is 171 cm³/mol. The van der Waals surface area contributed by atoms with E-state index in [0.29, 0.717) is 50.2 Å². The molecule has 1 aromatic carbocycles. The molecule has 0 spiro atoms. The number of piperidine rings is 3. The molecule has 6 rings (SSSR count). The van der Waals surface area contributed by atoms with Crippen LogP contribution in [0.4, 0.5) is 4.39 Å². The average Bonchev–Trinajstić information content (AvgIpc) is 3.01. The summed E-state index contributed by atoms with van der Waals surface area (Å²) in [6.07, 6.45) is 10.3. The zero-order valence-corrected chi connectivity index (χ0v) is 27.7. The highest BCUT2D eigenvalue weighted by atomic mass is 19.1. The molecular weight excluding hydrogens is 555 g/mol. The van der Waals surface area contributed by atoms with E-state index in [1.165, 1.54) is 18.6 Å². The van der Waals surface area contributed by atoms with Crippen molar-refractivity contribution < 1.29 is 18.8 Å². The third kappa shape index (κ3) is 7.32. The minimum absolute atomic E-state index is 0.0383. The number of nitrogens with one attached hydrogen (secondary N) is 2. The zero-order valence-electron chi connectivity index (χ0n) is 27.7. The van der Waals surface area contributed by atoms with E-state index in [4.69, 9.17) is 0 Å². The first-order valence-corrected chi connectivity index (χ1v) is 17.3. The van der Waals surface area contributed by atoms with Crippen molar-refractivity contribution in [2.45, 2.75) is 129 Å². The fourth-order valence-electron chi connectivity index (χ4n) is 8.74. The van der Waals surface area contributed by atoms with Crippen molar-refractivity contribution in [1.29, 1.82) is 0 Å². The number of carbonyl (C=O) groups is 3. The monoisotopic (exact) mass is 610 g/mol. The van der Waals surface area contributed by atoms with Crippen LogP contribution in [0.5, 0.6) is 0 Å². The highest BCUT2D eigenvalue weighted by Crippen LogP contribution is 2.46.